The molecule has 0 aliphatic carbocycles. The van der Waals surface area contributed by atoms with Crippen LogP contribution >= 0.6 is 0 Å². The highest BCUT2D eigenvalue weighted by Gasteiger charge is 2.23. The van der Waals surface area contributed by atoms with Crippen LogP contribution in [-0.2, 0) is 15.6 Å². The van der Waals surface area contributed by atoms with Crippen LogP contribution in [0.15, 0.2) is 71.8 Å². The Morgan fingerprint density at radius 3 is 2.47 bits per heavy atom. The average molecular weight is 458 g/mol. The van der Waals surface area contributed by atoms with Gasteiger partial charge in [0.1, 0.15) is 11.4 Å². The van der Waals surface area contributed by atoms with E-state index in [0.717, 1.165) is 6.07 Å². The Hall–Kier alpha value is -3.33. The minimum absolute atomic E-state index is 0.0465. The molecular weight excluding hydrogens is 436 g/mol. The van der Waals surface area contributed by atoms with E-state index in [9.17, 15) is 17.2 Å². The number of ether oxygens (including phenoxy) is 1. The van der Waals surface area contributed by atoms with Crippen molar-refractivity contribution in [2.75, 3.05) is 0 Å². The second-order valence-electron chi connectivity index (χ2n) is 7.52. The molecule has 2 heterocycles. The SMILES string of the molecule is CC(C)Oc1ccc(S(=O)(=O)Cc2cc(C(F)F)nn2-c2cccc3ncccc23)cc1. The van der Waals surface area contributed by atoms with Gasteiger partial charge in [-0.15, -0.1) is 0 Å². The first-order valence-corrected chi connectivity index (χ1v) is 11.6. The maximum atomic E-state index is 13.4. The molecule has 2 aromatic heterocycles. The van der Waals surface area contributed by atoms with Crippen molar-refractivity contribution in [2.45, 2.75) is 37.0 Å². The van der Waals surface area contributed by atoms with Gasteiger partial charge in [-0.3, -0.25) is 4.98 Å². The number of benzene rings is 2. The van der Waals surface area contributed by atoms with Gasteiger partial charge in [0.25, 0.3) is 6.43 Å². The van der Waals surface area contributed by atoms with Crippen LogP contribution in [0.5, 0.6) is 5.75 Å². The van der Waals surface area contributed by atoms with Crippen molar-refractivity contribution in [1.29, 1.82) is 0 Å². The van der Waals surface area contributed by atoms with Gasteiger partial charge in [0.05, 0.1) is 33.7 Å². The molecule has 0 saturated heterocycles. The van der Waals surface area contributed by atoms with Crippen molar-refractivity contribution in [1.82, 2.24) is 14.8 Å². The van der Waals surface area contributed by atoms with Crippen LogP contribution in [0.1, 0.15) is 31.7 Å². The molecule has 0 saturated carbocycles. The number of sulfone groups is 1. The van der Waals surface area contributed by atoms with E-state index in [0.29, 0.717) is 22.3 Å². The van der Waals surface area contributed by atoms with E-state index in [2.05, 4.69) is 10.1 Å². The number of hydrogen-bond donors (Lipinski definition) is 0. The van der Waals surface area contributed by atoms with Gasteiger partial charge in [0.15, 0.2) is 9.84 Å². The van der Waals surface area contributed by atoms with Crippen molar-refractivity contribution in [3.05, 3.63) is 78.2 Å². The quantitative estimate of drug-likeness (QED) is 0.385. The number of aromatic nitrogens is 3. The Balaban J connectivity index is 1.75. The zero-order valence-corrected chi connectivity index (χ0v) is 18.3. The van der Waals surface area contributed by atoms with E-state index in [4.69, 9.17) is 4.74 Å². The molecule has 0 aliphatic rings. The normalized spacial score (nSPS) is 12.1. The van der Waals surface area contributed by atoms with Crippen LogP contribution in [0.2, 0.25) is 0 Å². The van der Waals surface area contributed by atoms with Crippen molar-refractivity contribution >= 4 is 20.7 Å². The Labute approximate surface area is 184 Å². The fraction of sp³-hybridized carbons (Fsp3) is 0.217. The van der Waals surface area contributed by atoms with Gasteiger partial charge in [-0.05, 0) is 68.4 Å². The third-order valence-corrected chi connectivity index (χ3v) is 6.44. The number of alkyl halides is 2. The average Bonchev–Trinajstić information content (AvgIpc) is 3.16. The highest BCUT2D eigenvalue weighted by atomic mass is 32.2. The second kappa shape index (κ2) is 8.66. The summed E-state index contributed by atoms with van der Waals surface area (Å²) in [6.07, 6.45) is -1.26. The van der Waals surface area contributed by atoms with E-state index >= 15 is 0 Å². The molecular formula is C23H21F2N3O3S. The van der Waals surface area contributed by atoms with Gasteiger partial charge in [0.2, 0.25) is 0 Å². The molecule has 32 heavy (non-hydrogen) atoms. The lowest BCUT2D eigenvalue weighted by Gasteiger charge is -2.12. The molecule has 6 nitrogen and oxygen atoms in total. The summed E-state index contributed by atoms with van der Waals surface area (Å²) in [5.74, 6) is 0.0561. The summed E-state index contributed by atoms with van der Waals surface area (Å²) in [5, 5.41) is 4.68. The topological polar surface area (TPSA) is 74.1 Å². The van der Waals surface area contributed by atoms with Crippen LogP contribution in [0.3, 0.4) is 0 Å². The molecule has 0 N–H and O–H groups in total. The van der Waals surface area contributed by atoms with Gasteiger partial charge in [-0.25, -0.2) is 21.9 Å². The third-order valence-electron chi connectivity index (χ3n) is 4.77. The first-order chi connectivity index (χ1) is 15.2. The van der Waals surface area contributed by atoms with Gasteiger partial charge >= 0.3 is 0 Å². The summed E-state index contributed by atoms with van der Waals surface area (Å²) in [5.41, 5.74) is 0.776. The van der Waals surface area contributed by atoms with Crippen molar-refractivity contribution in [2.24, 2.45) is 0 Å². The van der Waals surface area contributed by atoms with Gasteiger partial charge in [-0.2, -0.15) is 5.10 Å². The fourth-order valence-electron chi connectivity index (χ4n) is 3.41. The minimum atomic E-state index is -3.83. The lowest BCUT2D eigenvalue weighted by molar-refractivity contribution is 0.145. The van der Waals surface area contributed by atoms with Crippen molar-refractivity contribution in [3.8, 4) is 11.4 Å². The van der Waals surface area contributed by atoms with Crippen LogP contribution in [-0.4, -0.2) is 29.3 Å². The van der Waals surface area contributed by atoms with E-state index in [-0.39, 0.29) is 16.7 Å². The van der Waals surface area contributed by atoms with Crippen LogP contribution in [0.4, 0.5) is 8.78 Å². The van der Waals surface area contributed by atoms with Crippen LogP contribution < -0.4 is 4.74 Å². The predicted molar refractivity (Wildman–Crippen MR) is 117 cm³/mol. The summed E-state index contributed by atoms with van der Waals surface area (Å²) in [7, 11) is -3.83. The van der Waals surface area contributed by atoms with Crippen LogP contribution in [0.25, 0.3) is 16.6 Å². The van der Waals surface area contributed by atoms with Crippen molar-refractivity contribution < 1.29 is 21.9 Å². The molecule has 0 bridgehead atoms. The fourth-order valence-corrected chi connectivity index (χ4v) is 4.72. The standard InChI is InChI=1S/C23H21F2N3O3S/c1-15(2)31-17-8-10-18(11-9-17)32(29,30)14-16-13-21(23(24)25)27-28(16)22-7-3-6-20-19(22)5-4-12-26-20/h3-13,15,23H,14H2,1-2H3. The third kappa shape index (κ3) is 4.47. The maximum absolute atomic E-state index is 13.4. The van der Waals surface area contributed by atoms with E-state index in [1.165, 1.54) is 16.8 Å². The highest BCUT2D eigenvalue weighted by Crippen LogP contribution is 2.28. The predicted octanol–water partition coefficient (Wildman–Crippen LogP) is 5.12. The number of halogens is 2. The molecule has 4 rings (SSSR count). The monoisotopic (exact) mass is 457 g/mol. The summed E-state index contributed by atoms with van der Waals surface area (Å²) >= 11 is 0. The Morgan fingerprint density at radius 2 is 1.78 bits per heavy atom. The summed E-state index contributed by atoms with van der Waals surface area (Å²) in [6.45, 7) is 3.74. The van der Waals surface area contributed by atoms with Gasteiger partial charge in [0, 0.05) is 11.6 Å². The zero-order valence-electron chi connectivity index (χ0n) is 17.4. The Morgan fingerprint density at radius 1 is 1.03 bits per heavy atom. The maximum Gasteiger partial charge on any atom is 0.282 e. The largest absolute Gasteiger partial charge is 0.491 e. The molecule has 0 fully saturated rings. The molecule has 0 aliphatic heterocycles. The summed E-state index contributed by atoms with van der Waals surface area (Å²) in [4.78, 5) is 4.34. The summed E-state index contributed by atoms with van der Waals surface area (Å²) < 4.78 is 59.9. The molecule has 0 unspecified atom stereocenters. The van der Waals surface area contributed by atoms with Crippen molar-refractivity contribution in [3.63, 3.8) is 0 Å². The molecule has 0 radical (unpaired) electrons. The summed E-state index contributed by atoms with van der Waals surface area (Å²) in [6, 6.07) is 15.9. The minimum Gasteiger partial charge on any atom is -0.491 e. The smallest absolute Gasteiger partial charge is 0.282 e. The molecule has 0 spiro atoms. The molecule has 0 atom stereocenters. The Kier molecular flexibility index (Phi) is 5.92. The number of rotatable bonds is 7. The second-order valence-corrected chi connectivity index (χ2v) is 9.51. The number of hydrogen-bond acceptors (Lipinski definition) is 5. The molecule has 4 aromatic rings. The van der Waals surface area contributed by atoms with E-state index in [1.807, 2.05) is 13.8 Å². The first kappa shape index (κ1) is 21.9. The lowest BCUT2D eigenvalue weighted by Crippen LogP contribution is -2.11. The van der Waals surface area contributed by atoms with E-state index < -0.39 is 27.7 Å². The van der Waals surface area contributed by atoms with Crippen LogP contribution in [0, 0.1) is 0 Å². The lowest BCUT2D eigenvalue weighted by atomic mass is 10.2. The molecule has 2 aromatic carbocycles. The number of pyridine rings is 1. The van der Waals surface area contributed by atoms with E-state index in [1.54, 1.807) is 48.7 Å². The first-order valence-electron chi connectivity index (χ1n) is 9.95. The zero-order chi connectivity index (χ0) is 22.9. The molecule has 166 valence electrons. The highest BCUT2D eigenvalue weighted by molar-refractivity contribution is 7.90. The molecule has 0 amide bonds. The number of fused-ring (bicyclic) bond motifs is 1. The van der Waals surface area contributed by atoms with Gasteiger partial charge in [-0.1, -0.05) is 6.07 Å². The molecule has 9 heteroatoms. The van der Waals surface area contributed by atoms with Gasteiger partial charge < -0.3 is 4.74 Å². The number of nitrogens with zero attached hydrogens (tertiary/aromatic N) is 3. The Bertz CT molecular complexity index is 1350.